The van der Waals surface area contributed by atoms with Gasteiger partial charge in [-0.05, 0) is 36.9 Å². The molecule has 7 rings (SSSR count). The van der Waals surface area contributed by atoms with E-state index in [1.807, 2.05) is 0 Å². The number of anilines is 1. The van der Waals surface area contributed by atoms with Crippen molar-refractivity contribution in [1.82, 2.24) is 4.90 Å². The first-order chi connectivity index (χ1) is 12.3. The van der Waals surface area contributed by atoms with Crippen molar-refractivity contribution in [2.45, 2.75) is 42.9 Å². The predicted molar refractivity (Wildman–Crippen MR) is 93.4 cm³/mol. The minimum atomic E-state index is 0.104. The number of hydrogen-bond acceptors (Lipinski definition) is 3. The highest BCUT2D eigenvalue weighted by atomic mass is 16.5. The molecule has 6 atom stereocenters. The van der Waals surface area contributed by atoms with Crippen molar-refractivity contribution < 1.29 is 9.53 Å². The third-order valence-electron chi connectivity index (χ3n) is 8.22. The van der Waals surface area contributed by atoms with Gasteiger partial charge in [0.2, 0.25) is 5.91 Å². The zero-order chi connectivity index (χ0) is 16.3. The van der Waals surface area contributed by atoms with Gasteiger partial charge in [-0.15, -0.1) is 0 Å². The molecule has 5 aliphatic heterocycles. The van der Waals surface area contributed by atoms with Gasteiger partial charge in [0.05, 0.1) is 25.2 Å². The highest BCUT2D eigenvalue weighted by Gasteiger charge is 2.70. The molecule has 0 radical (unpaired) electrons. The summed E-state index contributed by atoms with van der Waals surface area (Å²) >= 11 is 0. The topological polar surface area (TPSA) is 32.8 Å². The largest absolute Gasteiger partial charge is 0.373 e. The number of para-hydroxylation sites is 1. The van der Waals surface area contributed by atoms with Crippen LogP contribution in [0, 0.1) is 11.8 Å². The van der Waals surface area contributed by atoms with Gasteiger partial charge in [0.25, 0.3) is 0 Å². The number of fused-ring (bicyclic) bond motifs is 2. The number of benzene rings is 1. The van der Waals surface area contributed by atoms with Crippen LogP contribution in [-0.2, 0) is 14.9 Å². The Morgan fingerprint density at radius 2 is 2.16 bits per heavy atom. The zero-order valence-corrected chi connectivity index (χ0v) is 14.2. The Balaban J connectivity index is 1.55. The van der Waals surface area contributed by atoms with Crippen LogP contribution in [0.3, 0.4) is 0 Å². The van der Waals surface area contributed by atoms with E-state index in [4.69, 9.17) is 4.74 Å². The van der Waals surface area contributed by atoms with E-state index in [2.05, 4.69) is 40.1 Å². The van der Waals surface area contributed by atoms with Gasteiger partial charge in [-0.1, -0.05) is 29.8 Å². The van der Waals surface area contributed by atoms with Crippen LogP contribution in [0.5, 0.6) is 0 Å². The van der Waals surface area contributed by atoms with Crippen LogP contribution in [0.1, 0.15) is 24.8 Å². The number of piperidine rings is 2. The quantitative estimate of drug-likeness (QED) is 0.681. The fourth-order valence-corrected chi connectivity index (χ4v) is 7.51. The summed E-state index contributed by atoms with van der Waals surface area (Å²) in [6.45, 7) is 2.97. The number of carbonyl (C=O) groups is 1. The maximum atomic E-state index is 13.2. The number of carbonyl (C=O) groups excluding carboxylic acids is 1. The summed E-state index contributed by atoms with van der Waals surface area (Å²) < 4.78 is 6.25. The first-order valence-corrected chi connectivity index (χ1v) is 9.75. The second kappa shape index (κ2) is 4.18. The van der Waals surface area contributed by atoms with Crippen LogP contribution in [0.2, 0.25) is 0 Å². The van der Waals surface area contributed by atoms with E-state index in [1.54, 1.807) is 5.57 Å². The Kier molecular flexibility index (Phi) is 2.27. The van der Waals surface area contributed by atoms with E-state index >= 15 is 0 Å². The van der Waals surface area contributed by atoms with Crippen molar-refractivity contribution in [3.8, 4) is 0 Å². The molecule has 4 nitrogen and oxygen atoms in total. The SMILES string of the molecule is O=C1C[C@@H]2OCC=C3CN4CC[C@]56c7ccccc7N1C5C2[C@H]3C[C@H]46. The molecule has 2 bridgehead atoms. The Labute approximate surface area is 147 Å². The summed E-state index contributed by atoms with van der Waals surface area (Å²) in [5.74, 6) is 1.35. The highest BCUT2D eigenvalue weighted by molar-refractivity contribution is 5.99. The summed E-state index contributed by atoms with van der Waals surface area (Å²) in [6, 6.07) is 9.64. The molecule has 1 spiro atoms. The van der Waals surface area contributed by atoms with Gasteiger partial charge in [-0.3, -0.25) is 9.69 Å². The molecule has 25 heavy (non-hydrogen) atoms. The predicted octanol–water partition coefficient (Wildman–Crippen LogP) is 2.09. The summed E-state index contributed by atoms with van der Waals surface area (Å²) in [4.78, 5) is 18.1. The summed E-state index contributed by atoms with van der Waals surface area (Å²) in [5, 5.41) is 0. The molecule has 0 aromatic heterocycles. The number of hydrogen-bond donors (Lipinski definition) is 0. The van der Waals surface area contributed by atoms with E-state index in [9.17, 15) is 4.79 Å². The van der Waals surface area contributed by atoms with Crippen molar-refractivity contribution >= 4 is 11.6 Å². The molecule has 0 N–H and O–H groups in total. The van der Waals surface area contributed by atoms with Crippen molar-refractivity contribution in [3.05, 3.63) is 41.5 Å². The highest BCUT2D eigenvalue weighted by Crippen LogP contribution is 2.65. The molecule has 128 valence electrons. The van der Waals surface area contributed by atoms with Crippen molar-refractivity contribution in [2.24, 2.45) is 11.8 Å². The van der Waals surface area contributed by atoms with E-state index < -0.39 is 0 Å². The fourth-order valence-electron chi connectivity index (χ4n) is 7.51. The maximum absolute atomic E-state index is 13.2. The molecule has 3 saturated heterocycles. The number of rotatable bonds is 0. The summed E-state index contributed by atoms with van der Waals surface area (Å²) in [6.07, 6.45) is 5.43. The summed E-state index contributed by atoms with van der Waals surface area (Å²) in [7, 11) is 0. The molecule has 4 fully saturated rings. The third kappa shape index (κ3) is 1.33. The molecule has 1 aromatic carbocycles. The van der Waals surface area contributed by atoms with Crippen molar-refractivity contribution in [2.75, 3.05) is 24.6 Å². The lowest BCUT2D eigenvalue weighted by atomic mass is 9.53. The standard InChI is InChI=1S/C21H22N2O2/c24-18-10-16-19-13-9-17-21(6-7-22(17)11-12(13)5-8-25-16)14-3-1-2-4-15(14)23(18)20(19)21/h1-5,13,16-17,19-20H,6-11H2/t13-,16-,17-,19?,20?,21+/m0/s1. The van der Waals surface area contributed by atoms with Crippen LogP contribution in [0.15, 0.2) is 35.9 Å². The maximum Gasteiger partial charge on any atom is 0.229 e. The van der Waals surface area contributed by atoms with Crippen LogP contribution < -0.4 is 4.90 Å². The van der Waals surface area contributed by atoms with Gasteiger partial charge in [0.1, 0.15) is 0 Å². The average Bonchev–Trinajstić information content (AvgIpc) is 3.10. The zero-order valence-electron chi connectivity index (χ0n) is 14.2. The summed E-state index contributed by atoms with van der Waals surface area (Å²) in [5.41, 5.74) is 4.35. The molecular formula is C21H22N2O2. The molecule has 5 heterocycles. The van der Waals surface area contributed by atoms with E-state index in [-0.39, 0.29) is 17.4 Å². The smallest absolute Gasteiger partial charge is 0.229 e. The first kappa shape index (κ1) is 13.5. The third-order valence-corrected chi connectivity index (χ3v) is 8.22. The Morgan fingerprint density at radius 3 is 3.12 bits per heavy atom. The first-order valence-electron chi connectivity index (χ1n) is 9.75. The fraction of sp³-hybridized carbons (Fsp3) is 0.571. The van der Waals surface area contributed by atoms with Gasteiger partial charge in [0, 0.05) is 29.6 Å². The number of nitrogens with zero attached hydrogens (tertiary/aromatic N) is 2. The molecule has 1 aliphatic carbocycles. The second-order valence-corrected chi connectivity index (χ2v) is 8.78. The Bertz CT molecular complexity index is 848. The Morgan fingerprint density at radius 1 is 1.24 bits per heavy atom. The monoisotopic (exact) mass is 334 g/mol. The van der Waals surface area contributed by atoms with Gasteiger partial charge in [0.15, 0.2) is 0 Å². The van der Waals surface area contributed by atoms with Gasteiger partial charge >= 0.3 is 0 Å². The molecule has 1 saturated carbocycles. The van der Waals surface area contributed by atoms with Gasteiger partial charge < -0.3 is 9.64 Å². The average molecular weight is 334 g/mol. The lowest BCUT2D eigenvalue weighted by Gasteiger charge is -2.58. The molecule has 1 amide bonds. The minimum absolute atomic E-state index is 0.104. The lowest BCUT2D eigenvalue weighted by Crippen LogP contribution is -2.69. The van der Waals surface area contributed by atoms with Crippen LogP contribution in [-0.4, -0.2) is 48.7 Å². The van der Waals surface area contributed by atoms with Gasteiger partial charge in [-0.2, -0.15) is 0 Å². The molecule has 6 aliphatic rings. The van der Waals surface area contributed by atoms with Crippen molar-refractivity contribution in [3.63, 3.8) is 0 Å². The normalized spacial score (nSPS) is 45.9. The molecule has 2 unspecified atom stereocenters. The number of ether oxygens (including phenoxy) is 1. The Hall–Kier alpha value is -1.65. The minimum Gasteiger partial charge on any atom is -0.373 e. The molecule has 1 aromatic rings. The lowest BCUT2D eigenvalue weighted by molar-refractivity contribution is -0.132. The number of amides is 1. The van der Waals surface area contributed by atoms with E-state index in [0.717, 1.165) is 6.54 Å². The molecule has 4 heteroatoms. The molecular weight excluding hydrogens is 312 g/mol. The van der Waals surface area contributed by atoms with E-state index in [0.29, 0.717) is 36.9 Å². The van der Waals surface area contributed by atoms with Crippen molar-refractivity contribution in [1.29, 1.82) is 0 Å². The van der Waals surface area contributed by atoms with Gasteiger partial charge in [-0.25, -0.2) is 0 Å². The van der Waals surface area contributed by atoms with Crippen LogP contribution in [0.25, 0.3) is 0 Å². The van der Waals surface area contributed by atoms with Crippen LogP contribution >= 0.6 is 0 Å². The van der Waals surface area contributed by atoms with E-state index in [1.165, 1.54) is 30.6 Å². The second-order valence-electron chi connectivity index (χ2n) is 8.78. The van der Waals surface area contributed by atoms with Crippen LogP contribution in [0.4, 0.5) is 5.69 Å².